The van der Waals surface area contributed by atoms with E-state index in [0.29, 0.717) is 12.8 Å². The van der Waals surface area contributed by atoms with Crippen molar-refractivity contribution in [1.29, 1.82) is 0 Å². The van der Waals surface area contributed by atoms with E-state index in [0.717, 1.165) is 0 Å². The predicted molar refractivity (Wildman–Crippen MR) is 62.8 cm³/mol. The van der Waals surface area contributed by atoms with Gasteiger partial charge in [-0.1, -0.05) is 20.4 Å². The minimum Gasteiger partial charge on any atom is -0.309 e. The quantitative estimate of drug-likeness (QED) is 0.532. The van der Waals surface area contributed by atoms with Crippen LogP contribution >= 0.6 is 0 Å². The zero-order valence-corrected chi connectivity index (χ0v) is 10.2. The molecule has 2 unspecified atom stereocenters. The van der Waals surface area contributed by atoms with Crippen molar-refractivity contribution in [3.63, 3.8) is 0 Å². The molecule has 4 heteroatoms. The summed E-state index contributed by atoms with van der Waals surface area (Å²) in [6.45, 7) is 10.9. The number of carbonyl (C=O) groups is 1. The third kappa shape index (κ3) is 3.04. The molecule has 0 saturated heterocycles. The molecule has 0 rings (SSSR count). The average Bonchev–Trinajstić information content (AvgIpc) is 2.17. The zero-order valence-electron chi connectivity index (χ0n) is 10.2. The van der Waals surface area contributed by atoms with Crippen molar-refractivity contribution in [2.75, 3.05) is 0 Å². The van der Waals surface area contributed by atoms with Crippen LogP contribution in [0.1, 0.15) is 40.5 Å². The summed E-state index contributed by atoms with van der Waals surface area (Å²) in [5, 5.41) is 0. The summed E-state index contributed by atoms with van der Waals surface area (Å²) in [6, 6.07) is 0. The van der Waals surface area contributed by atoms with Crippen LogP contribution in [0.4, 0.5) is 0 Å². The van der Waals surface area contributed by atoms with Crippen molar-refractivity contribution in [2.45, 2.75) is 51.9 Å². The van der Waals surface area contributed by atoms with E-state index in [9.17, 15) is 4.79 Å². The summed E-state index contributed by atoms with van der Waals surface area (Å²) in [6.07, 6.45) is 2.53. The van der Waals surface area contributed by atoms with Crippen LogP contribution in [0.3, 0.4) is 0 Å². The van der Waals surface area contributed by atoms with E-state index in [4.69, 9.17) is 11.5 Å². The van der Waals surface area contributed by atoms with Crippen molar-refractivity contribution < 1.29 is 4.79 Å². The molecule has 2 atom stereocenters. The highest BCUT2D eigenvalue weighted by atomic mass is 16.2. The first kappa shape index (κ1) is 14.1. The molecule has 0 spiro atoms. The molecular formula is C11H23N3O. The molecule has 0 bridgehead atoms. The van der Waals surface area contributed by atoms with Gasteiger partial charge in [-0.2, -0.15) is 0 Å². The number of carbonyl (C=O) groups excluding carboxylic acids is 1. The first-order valence-electron chi connectivity index (χ1n) is 5.27. The molecule has 0 aliphatic carbocycles. The maximum Gasteiger partial charge on any atom is 0.248 e. The topological polar surface area (TPSA) is 72.3 Å². The Hall–Kier alpha value is -0.870. The molecule has 88 valence electrons. The van der Waals surface area contributed by atoms with Crippen LogP contribution in [0.2, 0.25) is 0 Å². The Kier molecular flexibility index (Phi) is 4.49. The van der Waals surface area contributed by atoms with E-state index in [-0.39, 0.29) is 5.91 Å². The first-order valence-corrected chi connectivity index (χ1v) is 5.27. The lowest BCUT2D eigenvalue weighted by Gasteiger charge is -2.47. The van der Waals surface area contributed by atoms with E-state index >= 15 is 0 Å². The third-order valence-corrected chi connectivity index (χ3v) is 2.85. The van der Waals surface area contributed by atoms with Crippen molar-refractivity contribution in [3.8, 4) is 0 Å². The molecule has 0 aromatic heterocycles. The number of nitrogens with two attached hydrogens (primary N) is 2. The van der Waals surface area contributed by atoms with Crippen LogP contribution in [0.25, 0.3) is 0 Å². The highest BCUT2D eigenvalue weighted by Gasteiger charge is 2.39. The molecule has 0 heterocycles. The van der Waals surface area contributed by atoms with Gasteiger partial charge in [0, 0.05) is 0 Å². The van der Waals surface area contributed by atoms with Crippen molar-refractivity contribution in [2.24, 2.45) is 11.5 Å². The highest BCUT2D eigenvalue weighted by Crippen LogP contribution is 2.23. The van der Waals surface area contributed by atoms with Gasteiger partial charge in [-0.15, -0.1) is 0 Å². The largest absolute Gasteiger partial charge is 0.309 e. The summed E-state index contributed by atoms with van der Waals surface area (Å²) in [5.74, 6) is -0.228. The summed E-state index contributed by atoms with van der Waals surface area (Å²) < 4.78 is 0. The molecule has 0 saturated carbocycles. The summed E-state index contributed by atoms with van der Waals surface area (Å²) in [5.41, 5.74) is 10.7. The van der Waals surface area contributed by atoms with Crippen molar-refractivity contribution in [1.82, 2.24) is 4.90 Å². The molecule has 4 nitrogen and oxygen atoms in total. The first-order chi connectivity index (χ1) is 6.72. The molecule has 15 heavy (non-hydrogen) atoms. The van der Waals surface area contributed by atoms with Crippen LogP contribution in [-0.2, 0) is 4.79 Å². The summed E-state index contributed by atoms with van der Waals surface area (Å²) in [4.78, 5) is 13.3. The SMILES string of the molecule is C=CC(=O)N(C(C)(N)CC)C(C)(N)CC. The number of rotatable bonds is 5. The molecule has 4 N–H and O–H groups in total. The van der Waals surface area contributed by atoms with Gasteiger partial charge in [-0.3, -0.25) is 4.79 Å². The van der Waals surface area contributed by atoms with Gasteiger partial charge in [0.2, 0.25) is 5.91 Å². The van der Waals surface area contributed by atoms with Crippen LogP contribution in [0.15, 0.2) is 12.7 Å². The Balaban J connectivity index is 5.24. The van der Waals surface area contributed by atoms with Crippen molar-refractivity contribution in [3.05, 3.63) is 12.7 Å². The lowest BCUT2D eigenvalue weighted by atomic mass is 10.00. The second-order valence-electron chi connectivity index (χ2n) is 4.30. The Morgan fingerprint density at radius 2 is 1.60 bits per heavy atom. The monoisotopic (exact) mass is 213 g/mol. The molecular weight excluding hydrogens is 190 g/mol. The van der Waals surface area contributed by atoms with Gasteiger partial charge >= 0.3 is 0 Å². The van der Waals surface area contributed by atoms with Gasteiger partial charge in [0.25, 0.3) is 0 Å². The number of amides is 1. The van der Waals surface area contributed by atoms with E-state index in [1.54, 1.807) is 13.8 Å². The van der Waals surface area contributed by atoms with Gasteiger partial charge in [-0.05, 0) is 32.8 Å². The molecule has 0 aromatic carbocycles. The molecule has 0 fully saturated rings. The van der Waals surface area contributed by atoms with E-state index in [2.05, 4.69) is 6.58 Å². The van der Waals surface area contributed by atoms with E-state index in [1.807, 2.05) is 13.8 Å². The Bertz CT molecular complexity index is 230. The third-order valence-electron chi connectivity index (χ3n) is 2.85. The van der Waals surface area contributed by atoms with Crippen LogP contribution in [0.5, 0.6) is 0 Å². The van der Waals surface area contributed by atoms with Gasteiger partial charge < -0.3 is 16.4 Å². The fourth-order valence-corrected chi connectivity index (χ4v) is 1.49. The van der Waals surface area contributed by atoms with Crippen LogP contribution < -0.4 is 11.5 Å². The normalized spacial score (nSPS) is 18.8. The number of hydrogen-bond donors (Lipinski definition) is 2. The molecule has 0 aliphatic heterocycles. The fraction of sp³-hybridized carbons (Fsp3) is 0.727. The minimum atomic E-state index is -0.745. The maximum absolute atomic E-state index is 11.8. The van der Waals surface area contributed by atoms with Gasteiger partial charge in [-0.25, -0.2) is 0 Å². The predicted octanol–water partition coefficient (Wildman–Crippen LogP) is 1.17. The van der Waals surface area contributed by atoms with Gasteiger partial charge in [0.1, 0.15) is 0 Å². The number of nitrogens with zero attached hydrogens (tertiary/aromatic N) is 1. The smallest absolute Gasteiger partial charge is 0.248 e. The van der Waals surface area contributed by atoms with Crippen LogP contribution in [-0.4, -0.2) is 22.1 Å². The second kappa shape index (κ2) is 4.77. The Morgan fingerprint density at radius 3 is 1.80 bits per heavy atom. The summed E-state index contributed by atoms with van der Waals surface area (Å²) >= 11 is 0. The average molecular weight is 213 g/mol. The lowest BCUT2D eigenvalue weighted by molar-refractivity contribution is -0.140. The highest BCUT2D eigenvalue weighted by molar-refractivity contribution is 5.88. The molecule has 0 aliphatic rings. The molecule has 1 amide bonds. The lowest BCUT2D eigenvalue weighted by Crippen LogP contribution is -2.67. The zero-order chi connectivity index (χ0) is 12.3. The van der Waals surface area contributed by atoms with Gasteiger partial charge in [0.05, 0.1) is 11.3 Å². The van der Waals surface area contributed by atoms with E-state index < -0.39 is 11.3 Å². The Morgan fingerprint density at radius 1 is 1.27 bits per heavy atom. The van der Waals surface area contributed by atoms with Crippen molar-refractivity contribution >= 4 is 5.91 Å². The maximum atomic E-state index is 11.8. The van der Waals surface area contributed by atoms with Crippen LogP contribution in [0, 0.1) is 0 Å². The standard InChI is InChI=1S/C11H23N3O/c1-6-9(15)14(10(4,12)7-2)11(5,13)8-3/h6H,1,7-8,12-13H2,2-5H3. The number of hydrogen-bond acceptors (Lipinski definition) is 3. The minimum absolute atomic E-state index is 0.228. The van der Waals surface area contributed by atoms with Gasteiger partial charge in [0.15, 0.2) is 0 Å². The fourth-order valence-electron chi connectivity index (χ4n) is 1.49. The molecule has 0 aromatic rings. The Labute approximate surface area is 92.3 Å². The summed E-state index contributed by atoms with van der Waals surface area (Å²) in [7, 11) is 0. The van der Waals surface area contributed by atoms with E-state index in [1.165, 1.54) is 11.0 Å². The second-order valence-corrected chi connectivity index (χ2v) is 4.30. The molecule has 0 radical (unpaired) electrons.